The average Bonchev–Trinajstić information content (AvgIpc) is 3.30. The number of alkyl carbamates (subject to hydrolysis) is 1. The molecule has 4 rings (SSSR count). The lowest BCUT2D eigenvalue weighted by Crippen LogP contribution is -2.44. The zero-order chi connectivity index (χ0) is 23.9. The summed E-state index contributed by atoms with van der Waals surface area (Å²) >= 11 is 0. The van der Waals surface area contributed by atoms with Crippen molar-refractivity contribution in [1.29, 1.82) is 0 Å². The third-order valence-electron chi connectivity index (χ3n) is 5.27. The molecule has 0 aliphatic heterocycles. The zero-order valence-corrected chi connectivity index (χ0v) is 19.1. The number of rotatable bonds is 9. The molecular weight excluding hydrogens is 432 g/mol. The topological polar surface area (TPSA) is 90.7 Å². The molecule has 4 aromatic rings. The Bertz CT molecular complexity index is 1250. The van der Waals surface area contributed by atoms with Crippen molar-refractivity contribution in [1.82, 2.24) is 10.3 Å². The van der Waals surface area contributed by atoms with Crippen LogP contribution in [-0.2, 0) is 18.0 Å². The third kappa shape index (κ3) is 5.61. The van der Waals surface area contributed by atoms with Crippen LogP contribution < -0.4 is 10.1 Å². The summed E-state index contributed by atoms with van der Waals surface area (Å²) in [5, 5.41) is 2.65. The highest BCUT2D eigenvalue weighted by Crippen LogP contribution is 2.27. The molecule has 0 fully saturated rings. The number of aromatic nitrogens is 1. The summed E-state index contributed by atoms with van der Waals surface area (Å²) in [6.07, 6.45) is -0.682. The van der Waals surface area contributed by atoms with E-state index in [2.05, 4.69) is 10.3 Å². The standard InChI is InChI=1S/C27H26N2O5/c1-18(2)23(29-27(31)33-17-20-12-7-4-8-13-20)25(30)26-28-24-21(14-9-15-22(24)34-26)32-16-19-10-5-3-6-11-19/h3-15,18,23H,16-17H2,1-2H3,(H,29,31)/t23-/m0/s1. The first-order valence-electron chi connectivity index (χ1n) is 11.1. The number of ketones is 1. The van der Waals surface area contributed by atoms with E-state index in [1.165, 1.54) is 0 Å². The zero-order valence-electron chi connectivity index (χ0n) is 19.1. The van der Waals surface area contributed by atoms with Gasteiger partial charge in [-0.1, -0.05) is 80.6 Å². The fourth-order valence-electron chi connectivity index (χ4n) is 3.44. The van der Waals surface area contributed by atoms with E-state index in [0.29, 0.717) is 23.5 Å². The molecule has 34 heavy (non-hydrogen) atoms. The molecule has 0 radical (unpaired) electrons. The van der Waals surface area contributed by atoms with Gasteiger partial charge in [-0.2, -0.15) is 0 Å². The molecule has 3 aromatic carbocycles. The van der Waals surface area contributed by atoms with E-state index in [9.17, 15) is 9.59 Å². The number of Topliss-reactive ketones (excluding diaryl/α,β-unsaturated/α-hetero) is 1. The Kier molecular flexibility index (Phi) is 7.22. The molecule has 1 heterocycles. The number of hydrogen-bond acceptors (Lipinski definition) is 6. The van der Waals surface area contributed by atoms with Crippen molar-refractivity contribution in [2.24, 2.45) is 5.92 Å². The molecule has 174 valence electrons. The molecule has 1 aromatic heterocycles. The van der Waals surface area contributed by atoms with Crippen LogP contribution in [-0.4, -0.2) is 22.9 Å². The van der Waals surface area contributed by atoms with Crippen LogP contribution in [0.5, 0.6) is 5.75 Å². The molecule has 1 atom stereocenters. The molecule has 1 N–H and O–H groups in total. The molecular formula is C27H26N2O5. The number of nitrogens with one attached hydrogen (secondary N) is 1. The Morgan fingerprint density at radius 3 is 2.18 bits per heavy atom. The van der Waals surface area contributed by atoms with Gasteiger partial charge in [-0.05, 0) is 29.2 Å². The second-order valence-electron chi connectivity index (χ2n) is 8.19. The first-order valence-corrected chi connectivity index (χ1v) is 11.1. The Balaban J connectivity index is 1.46. The van der Waals surface area contributed by atoms with E-state index in [4.69, 9.17) is 13.9 Å². The quantitative estimate of drug-likeness (QED) is 0.331. The Morgan fingerprint density at radius 1 is 0.882 bits per heavy atom. The fourth-order valence-corrected chi connectivity index (χ4v) is 3.44. The van der Waals surface area contributed by atoms with Gasteiger partial charge in [0.15, 0.2) is 11.1 Å². The highest BCUT2D eigenvalue weighted by atomic mass is 16.5. The van der Waals surface area contributed by atoms with Gasteiger partial charge in [0.25, 0.3) is 5.89 Å². The molecule has 0 spiro atoms. The van der Waals surface area contributed by atoms with Crippen molar-refractivity contribution in [3.63, 3.8) is 0 Å². The molecule has 0 aliphatic rings. The van der Waals surface area contributed by atoms with Crippen LogP contribution in [0.25, 0.3) is 11.1 Å². The van der Waals surface area contributed by atoms with E-state index in [1.54, 1.807) is 18.2 Å². The third-order valence-corrected chi connectivity index (χ3v) is 5.27. The summed E-state index contributed by atoms with van der Waals surface area (Å²) in [5.74, 6) is -0.217. The van der Waals surface area contributed by atoms with E-state index in [0.717, 1.165) is 11.1 Å². The minimum atomic E-state index is -0.856. The summed E-state index contributed by atoms with van der Waals surface area (Å²) in [7, 11) is 0. The van der Waals surface area contributed by atoms with Crippen molar-refractivity contribution in [2.45, 2.75) is 33.1 Å². The number of ether oxygens (including phenoxy) is 2. The summed E-state index contributed by atoms with van der Waals surface area (Å²) in [6, 6.07) is 23.5. The minimum absolute atomic E-state index is 0.0900. The normalized spacial score (nSPS) is 11.9. The van der Waals surface area contributed by atoms with Gasteiger partial charge in [-0.25, -0.2) is 9.78 Å². The number of carbonyl (C=O) groups is 2. The van der Waals surface area contributed by atoms with Gasteiger partial charge in [-0.3, -0.25) is 4.79 Å². The van der Waals surface area contributed by atoms with Crippen LogP contribution in [0.4, 0.5) is 4.79 Å². The Morgan fingerprint density at radius 2 is 1.53 bits per heavy atom. The highest BCUT2D eigenvalue weighted by molar-refractivity contribution is 6.00. The lowest BCUT2D eigenvalue weighted by Gasteiger charge is -2.19. The SMILES string of the molecule is CC(C)[C@H](NC(=O)OCc1ccccc1)C(=O)c1nc2c(OCc3ccccc3)cccc2o1. The number of nitrogens with zero attached hydrogens (tertiary/aromatic N) is 1. The lowest BCUT2D eigenvalue weighted by atomic mass is 10.00. The van der Waals surface area contributed by atoms with E-state index < -0.39 is 17.9 Å². The Labute approximate surface area is 197 Å². The predicted molar refractivity (Wildman–Crippen MR) is 128 cm³/mol. The van der Waals surface area contributed by atoms with Gasteiger partial charge in [0.2, 0.25) is 5.78 Å². The van der Waals surface area contributed by atoms with Gasteiger partial charge >= 0.3 is 6.09 Å². The molecule has 0 bridgehead atoms. The summed E-state index contributed by atoms with van der Waals surface area (Å²) < 4.78 is 16.9. The summed E-state index contributed by atoms with van der Waals surface area (Å²) in [5.41, 5.74) is 2.75. The Hall–Kier alpha value is -4.13. The number of fused-ring (bicyclic) bond motifs is 1. The molecule has 0 saturated carbocycles. The van der Waals surface area contributed by atoms with Crippen LogP contribution in [0, 0.1) is 5.92 Å². The van der Waals surface area contributed by atoms with Crippen molar-refractivity contribution in [3.8, 4) is 5.75 Å². The minimum Gasteiger partial charge on any atom is -0.486 e. The van der Waals surface area contributed by atoms with Crippen LogP contribution in [0.15, 0.2) is 83.3 Å². The number of carbonyl (C=O) groups excluding carboxylic acids is 2. The van der Waals surface area contributed by atoms with Gasteiger partial charge in [0.1, 0.15) is 25.0 Å². The molecule has 0 unspecified atom stereocenters. The average molecular weight is 459 g/mol. The van der Waals surface area contributed by atoms with Crippen molar-refractivity contribution < 1.29 is 23.5 Å². The summed E-state index contributed by atoms with van der Waals surface area (Å²) in [6.45, 7) is 4.13. The van der Waals surface area contributed by atoms with Gasteiger partial charge in [0, 0.05) is 0 Å². The van der Waals surface area contributed by atoms with Crippen molar-refractivity contribution in [3.05, 3.63) is 95.9 Å². The van der Waals surface area contributed by atoms with E-state index in [-0.39, 0.29) is 18.4 Å². The number of amides is 1. The van der Waals surface area contributed by atoms with Gasteiger partial charge < -0.3 is 19.2 Å². The van der Waals surface area contributed by atoms with Gasteiger partial charge in [0.05, 0.1) is 0 Å². The molecule has 7 heteroatoms. The maximum absolute atomic E-state index is 13.2. The van der Waals surface area contributed by atoms with Crippen molar-refractivity contribution in [2.75, 3.05) is 0 Å². The fraction of sp³-hybridized carbons (Fsp3) is 0.222. The first kappa shape index (κ1) is 23.0. The smallest absolute Gasteiger partial charge is 0.408 e. The summed E-state index contributed by atoms with van der Waals surface area (Å²) in [4.78, 5) is 29.9. The van der Waals surface area contributed by atoms with E-state index >= 15 is 0 Å². The molecule has 0 aliphatic carbocycles. The van der Waals surface area contributed by atoms with Crippen LogP contribution in [0.1, 0.15) is 35.7 Å². The molecule has 7 nitrogen and oxygen atoms in total. The second-order valence-corrected chi connectivity index (χ2v) is 8.19. The number of hydrogen-bond donors (Lipinski definition) is 1. The number of oxazole rings is 1. The van der Waals surface area contributed by atoms with E-state index in [1.807, 2.05) is 74.5 Å². The number of benzene rings is 3. The van der Waals surface area contributed by atoms with Crippen LogP contribution >= 0.6 is 0 Å². The molecule has 1 amide bonds. The monoisotopic (exact) mass is 458 g/mol. The highest BCUT2D eigenvalue weighted by Gasteiger charge is 2.30. The van der Waals surface area contributed by atoms with Crippen LogP contribution in [0.3, 0.4) is 0 Å². The number of para-hydroxylation sites is 1. The van der Waals surface area contributed by atoms with Crippen LogP contribution in [0.2, 0.25) is 0 Å². The molecule has 0 saturated heterocycles. The maximum Gasteiger partial charge on any atom is 0.408 e. The predicted octanol–water partition coefficient (Wildman–Crippen LogP) is 5.54. The lowest BCUT2D eigenvalue weighted by molar-refractivity contribution is 0.0855. The first-order chi connectivity index (χ1) is 16.5. The maximum atomic E-state index is 13.2. The second kappa shape index (κ2) is 10.7. The largest absolute Gasteiger partial charge is 0.486 e. The van der Waals surface area contributed by atoms with Crippen molar-refractivity contribution >= 4 is 23.0 Å². The van der Waals surface area contributed by atoms with Gasteiger partial charge in [-0.15, -0.1) is 0 Å².